The first-order valence-corrected chi connectivity index (χ1v) is 6.47. The molecule has 0 aliphatic carbocycles. The monoisotopic (exact) mass is 245 g/mol. The van der Waals surface area contributed by atoms with Gasteiger partial charge in [0.05, 0.1) is 23.7 Å². The standard InChI is InChI=1S/C13H15N3S/c1-3-17-13-7-4-6-12(11(13)10-15)16(2)9-5-8-14/h4,6-7H,3,5,9H2,1-2H3. The lowest BCUT2D eigenvalue weighted by molar-refractivity contribution is 0.901. The van der Waals surface area contributed by atoms with Crippen molar-refractivity contribution >= 4 is 17.4 Å². The summed E-state index contributed by atoms with van der Waals surface area (Å²) >= 11 is 1.67. The second kappa shape index (κ2) is 6.83. The van der Waals surface area contributed by atoms with Crippen LogP contribution in [0.15, 0.2) is 23.1 Å². The Balaban J connectivity index is 3.03. The van der Waals surface area contributed by atoms with Gasteiger partial charge < -0.3 is 4.90 Å². The molecule has 17 heavy (non-hydrogen) atoms. The molecular weight excluding hydrogens is 230 g/mol. The molecule has 0 heterocycles. The number of hydrogen-bond acceptors (Lipinski definition) is 4. The third kappa shape index (κ3) is 3.41. The molecule has 0 radical (unpaired) electrons. The van der Waals surface area contributed by atoms with Crippen molar-refractivity contribution in [2.45, 2.75) is 18.2 Å². The second-order valence-electron chi connectivity index (χ2n) is 3.52. The first kappa shape index (κ1) is 13.4. The van der Waals surface area contributed by atoms with E-state index >= 15 is 0 Å². The Bertz CT molecular complexity index is 457. The van der Waals surface area contributed by atoms with Crippen LogP contribution in [-0.4, -0.2) is 19.3 Å². The van der Waals surface area contributed by atoms with Crippen molar-refractivity contribution in [1.82, 2.24) is 0 Å². The molecular formula is C13H15N3S. The number of hydrogen-bond donors (Lipinski definition) is 0. The van der Waals surface area contributed by atoms with E-state index in [1.54, 1.807) is 11.8 Å². The van der Waals surface area contributed by atoms with Crippen LogP contribution in [0.2, 0.25) is 0 Å². The van der Waals surface area contributed by atoms with Crippen molar-refractivity contribution in [3.63, 3.8) is 0 Å². The number of nitriles is 2. The van der Waals surface area contributed by atoms with E-state index in [4.69, 9.17) is 5.26 Å². The largest absolute Gasteiger partial charge is 0.372 e. The predicted octanol–water partition coefficient (Wildman–Crippen LogP) is 3.02. The zero-order chi connectivity index (χ0) is 12.7. The Hall–Kier alpha value is -1.65. The summed E-state index contributed by atoms with van der Waals surface area (Å²) in [5.41, 5.74) is 1.61. The van der Waals surface area contributed by atoms with Gasteiger partial charge in [-0.3, -0.25) is 0 Å². The number of anilines is 1. The van der Waals surface area contributed by atoms with E-state index in [2.05, 4.69) is 19.1 Å². The minimum Gasteiger partial charge on any atom is -0.372 e. The lowest BCUT2D eigenvalue weighted by Crippen LogP contribution is -2.19. The van der Waals surface area contributed by atoms with Crippen LogP contribution >= 0.6 is 11.8 Å². The van der Waals surface area contributed by atoms with Crippen LogP contribution in [0.1, 0.15) is 18.9 Å². The Morgan fingerprint density at radius 2 is 2.12 bits per heavy atom. The number of nitrogens with zero attached hydrogens (tertiary/aromatic N) is 3. The molecule has 88 valence electrons. The van der Waals surface area contributed by atoms with Crippen LogP contribution < -0.4 is 4.90 Å². The van der Waals surface area contributed by atoms with E-state index in [0.717, 1.165) is 16.3 Å². The number of benzene rings is 1. The molecule has 1 aromatic rings. The van der Waals surface area contributed by atoms with Gasteiger partial charge in [0.15, 0.2) is 0 Å². The van der Waals surface area contributed by atoms with Gasteiger partial charge in [0.1, 0.15) is 6.07 Å². The summed E-state index contributed by atoms with van der Waals surface area (Å²) in [5.74, 6) is 0.944. The molecule has 1 aromatic carbocycles. The SMILES string of the molecule is CCSc1cccc(N(C)CCC#N)c1C#N. The smallest absolute Gasteiger partial charge is 0.103 e. The predicted molar refractivity (Wildman–Crippen MR) is 71.1 cm³/mol. The molecule has 3 nitrogen and oxygen atoms in total. The van der Waals surface area contributed by atoms with Gasteiger partial charge in [0, 0.05) is 18.5 Å². The van der Waals surface area contributed by atoms with Crippen molar-refractivity contribution in [3.05, 3.63) is 23.8 Å². The third-order valence-corrected chi connectivity index (χ3v) is 3.33. The summed E-state index contributed by atoms with van der Waals surface area (Å²) in [6.07, 6.45) is 0.465. The quantitative estimate of drug-likeness (QED) is 0.748. The Morgan fingerprint density at radius 3 is 2.71 bits per heavy atom. The maximum absolute atomic E-state index is 9.25. The minimum absolute atomic E-state index is 0.465. The highest BCUT2D eigenvalue weighted by atomic mass is 32.2. The molecule has 0 fully saturated rings. The normalized spacial score (nSPS) is 9.41. The third-order valence-electron chi connectivity index (χ3n) is 2.39. The fraction of sp³-hybridized carbons (Fsp3) is 0.385. The van der Waals surface area contributed by atoms with Crippen LogP contribution in [0.4, 0.5) is 5.69 Å². The molecule has 0 N–H and O–H groups in total. The van der Waals surface area contributed by atoms with Crippen molar-refractivity contribution in [1.29, 1.82) is 10.5 Å². The fourth-order valence-corrected chi connectivity index (χ4v) is 2.34. The van der Waals surface area contributed by atoms with Gasteiger partial charge in [-0.05, 0) is 17.9 Å². The van der Waals surface area contributed by atoms with Gasteiger partial charge in [-0.2, -0.15) is 10.5 Å². The van der Waals surface area contributed by atoms with Crippen molar-refractivity contribution in [3.8, 4) is 12.1 Å². The summed E-state index contributed by atoms with van der Waals surface area (Å²) in [4.78, 5) is 2.97. The molecule has 0 aliphatic rings. The molecule has 0 amide bonds. The highest BCUT2D eigenvalue weighted by molar-refractivity contribution is 7.99. The van der Waals surface area contributed by atoms with E-state index in [9.17, 15) is 5.26 Å². The van der Waals surface area contributed by atoms with E-state index in [1.165, 1.54) is 0 Å². The highest BCUT2D eigenvalue weighted by Gasteiger charge is 2.11. The maximum Gasteiger partial charge on any atom is 0.103 e. The van der Waals surface area contributed by atoms with Crippen LogP contribution in [0.3, 0.4) is 0 Å². The van der Waals surface area contributed by atoms with Crippen LogP contribution in [0, 0.1) is 22.7 Å². The van der Waals surface area contributed by atoms with Crippen molar-refractivity contribution < 1.29 is 0 Å². The molecule has 0 atom stereocenters. The van der Waals surface area contributed by atoms with E-state index in [1.807, 2.05) is 30.1 Å². The van der Waals surface area contributed by atoms with E-state index < -0.39 is 0 Å². The number of thioether (sulfide) groups is 1. The summed E-state index contributed by atoms with van der Waals surface area (Å²) in [7, 11) is 1.91. The van der Waals surface area contributed by atoms with Gasteiger partial charge in [0.2, 0.25) is 0 Å². The van der Waals surface area contributed by atoms with Crippen LogP contribution in [-0.2, 0) is 0 Å². The lowest BCUT2D eigenvalue weighted by Gasteiger charge is -2.20. The van der Waals surface area contributed by atoms with Gasteiger partial charge in [-0.1, -0.05) is 13.0 Å². The average molecular weight is 245 g/mol. The molecule has 0 unspecified atom stereocenters. The minimum atomic E-state index is 0.465. The number of rotatable bonds is 5. The fourth-order valence-electron chi connectivity index (χ4n) is 1.56. The van der Waals surface area contributed by atoms with Crippen molar-refractivity contribution in [2.75, 3.05) is 24.2 Å². The zero-order valence-corrected chi connectivity index (χ0v) is 10.9. The summed E-state index contributed by atoms with van der Waals surface area (Å²) in [5, 5.41) is 17.8. The van der Waals surface area contributed by atoms with E-state index in [-0.39, 0.29) is 0 Å². The summed E-state index contributed by atoms with van der Waals surface area (Å²) < 4.78 is 0. The molecule has 0 aliphatic heterocycles. The summed E-state index contributed by atoms with van der Waals surface area (Å²) in [6.45, 7) is 2.71. The molecule has 0 aromatic heterocycles. The molecule has 0 bridgehead atoms. The molecule has 1 rings (SSSR count). The second-order valence-corrected chi connectivity index (χ2v) is 4.83. The van der Waals surface area contributed by atoms with Gasteiger partial charge in [0.25, 0.3) is 0 Å². The Kier molecular flexibility index (Phi) is 5.39. The first-order chi connectivity index (χ1) is 8.24. The lowest BCUT2D eigenvalue weighted by atomic mass is 10.1. The maximum atomic E-state index is 9.25. The highest BCUT2D eigenvalue weighted by Crippen LogP contribution is 2.29. The van der Waals surface area contributed by atoms with Crippen molar-refractivity contribution in [2.24, 2.45) is 0 Å². The summed E-state index contributed by atoms with van der Waals surface area (Å²) in [6, 6.07) is 10.2. The molecule has 0 spiro atoms. The molecule has 4 heteroatoms. The topological polar surface area (TPSA) is 50.8 Å². The van der Waals surface area contributed by atoms with Crippen LogP contribution in [0.5, 0.6) is 0 Å². The average Bonchev–Trinajstić information content (AvgIpc) is 2.36. The first-order valence-electron chi connectivity index (χ1n) is 5.48. The van der Waals surface area contributed by atoms with E-state index in [0.29, 0.717) is 18.5 Å². The molecule has 0 saturated carbocycles. The zero-order valence-electron chi connectivity index (χ0n) is 10.1. The molecule has 0 saturated heterocycles. The van der Waals surface area contributed by atoms with Crippen LogP contribution in [0.25, 0.3) is 0 Å². The Morgan fingerprint density at radius 1 is 1.35 bits per heavy atom. The van der Waals surface area contributed by atoms with Gasteiger partial charge >= 0.3 is 0 Å². The Labute approximate surface area is 107 Å². The van der Waals surface area contributed by atoms with Gasteiger partial charge in [-0.15, -0.1) is 11.8 Å². The van der Waals surface area contributed by atoms with Gasteiger partial charge in [-0.25, -0.2) is 0 Å².